The highest BCUT2D eigenvalue weighted by molar-refractivity contribution is 5.81. The Morgan fingerprint density at radius 3 is 2.72 bits per heavy atom. The zero-order valence-corrected chi connectivity index (χ0v) is 16.7. The summed E-state index contributed by atoms with van der Waals surface area (Å²) in [5, 5.41) is 6.36. The zero-order valence-electron chi connectivity index (χ0n) is 16.7. The average molecular weight is 404 g/mol. The van der Waals surface area contributed by atoms with E-state index in [0.29, 0.717) is 38.7 Å². The molecule has 7 nitrogen and oxygen atoms in total. The van der Waals surface area contributed by atoms with Gasteiger partial charge in [0.15, 0.2) is 5.96 Å². The lowest BCUT2D eigenvalue weighted by molar-refractivity contribution is -0.121. The summed E-state index contributed by atoms with van der Waals surface area (Å²) >= 11 is 0. The lowest BCUT2D eigenvalue weighted by Crippen LogP contribution is -2.39. The molecule has 0 aliphatic carbocycles. The van der Waals surface area contributed by atoms with Crippen LogP contribution in [0.2, 0.25) is 0 Å². The molecule has 158 valence electrons. The van der Waals surface area contributed by atoms with Gasteiger partial charge in [0.2, 0.25) is 5.91 Å². The van der Waals surface area contributed by atoms with Crippen molar-refractivity contribution in [2.45, 2.75) is 26.4 Å². The normalized spacial score (nSPS) is 12.6. The van der Waals surface area contributed by atoms with Gasteiger partial charge < -0.3 is 25.5 Å². The number of rotatable bonds is 12. The predicted molar refractivity (Wildman–Crippen MR) is 110 cm³/mol. The number of nitrogens with zero attached hydrogens (tertiary/aromatic N) is 1. The van der Waals surface area contributed by atoms with E-state index in [1.54, 1.807) is 18.4 Å². The molecule has 8 heteroatoms. The molecule has 1 aromatic carbocycles. The summed E-state index contributed by atoms with van der Waals surface area (Å²) in [6.45, 7) is 4.61. The fourth-order valence-corrected chi connectivity index (χ4v) is 2.65. The number of nitrogens with two attached hydrogens (primary N) is 1. The molecule has 2 rings (SSSR count). The van der Waals surface area contributed by atoms with Crippen LogP contribution in [0.3, 0.4) is 0 Å². The van der Waals surface area contributed by atoms with E-state index in [1.165, 1.54) is 12.1 Å². The van der Waals surface area contributed by atoms with Gasteiger partial charge in [-0.05, 0) is 49.6 Å². The Kier molecular flexibility index (Phi) is 9.71. The molecule has 0 bridgehead atoms. The van der Waals surface area contributed by atoms with Gasteiger partial charge in [0.1, 0.15) is 18.2 Å². The first-order chi connectivity index (χ1) is 14.1. The minimum absolute atomic E-state index is 0.247. The number of ether oxygens (including phenoxy) is 1. The topological polar surface area (TPSA) is 102 Å². The molecule has 29 heavy (non-hydrogen) atoms. The third kappa shape index (κ3) is 8.78. The Balaban J connectivity index is 1.77. The molecule has 4 N–H and O–H groups in total. The lowest BCUT2D eigenvalue weighted by Gasteiger charge is -2.14. The van der Waals surface area contributed by atoms with Gasteiger partial charge in [0, 0.05) is 19.7 Å². The third-order valence-corrected chi connectivity index (χ3v) is 4.19. The number of primary amides is 1. The molecule has 0 spiro atoms. The van der Waals surface area contributed by atoms with E-state index < -0.39 is 11.8 Å². The number of hydrogen-bond acceptors (Lipinski definition) is 4. The number of carbonyl (C=O) groups is 1. The second-order valence-corrected chi connectivity index (χ2v) is 6.56. The van der Waals surface area contributed by atoms with Crippen molar-refractivity contribution in [3.05, 3.63) is 59.8 Å². The second kappa shape index (κ2) is 12.6. The Bertz CT molecular complexity index is 748. The average Bonchev–Trinajstić information content (AvgIpc) is 3.22. The SMILES string of the molecule is CCNC(=NCC(Cc1ccc(F)cc1)C(N)=O)NCCCOCc1ccco1. The van der Waals surface area contributed by atoms with Crippen LogP contribution >= 0.6 is 0 Å². The summed E-state index contributed by atoms with van der Waals surface area (Å²) in [7, 11) is 0. The van der Waals surface area contributed by atoms with Gasteiger partial charge in [-0.2, -0.15) is 0 Å². The largest absolute Gasteiger partial charge is 0.467 e. The molecule has 0 fully saturated rings. The molecule has 1 heterocycles. The van der Waals surface area contributed by atoms with Gasteiger partial charge in [0.25, 0.3) is 0 Å². The van der Waals surface area contributed by atoms with Crippen molar-refractivity contribution in [1.29, 1.82) is 0 Å². The standard InChI is InChI=1S/C21H29FN4O3/c1-2-24-21(25-10-4-11-28-15-19-5-3-12-29-19)26-14-17(20(23)27)13-16-6-8-18(22)9-7-16/h3,5-9,12,17H,2,4,10-11,13-15H2,1H3,(H2,23,27)(H2,24,25,26). The fraction of sp³-hybridized carbons (Fsp3) is 0.429. The Labute approximate surface area is 170 Å². The molecule has 0 aliphatic heterocycles. The van der Waals surface area contributed by atoms with Crippen molar-refractivity contribution in [2.24, 2.45) is 16.6 Å². The van der Waals surface area contributed by atoms with Gasteiger partial charge in [-0.15, -0.1) is 0 Å². The van der Waals surface area contributed by atoms with Crippen molar-refractivity contribution in [3.63, 3.8) is 0 Å². The molecule has 0 saturated carbocycles. The number of halogens is 1. The number of benzene rings is 1. The quantitative estimate of drug-likeness (QED) is 0.286. The second-order valence-electron chi connectivity index (χ2n) is 6.56. The molecular formula is C21H29FN4O3. The minimum atomic E-state index is -0.465. The number of aliphatic imine (C=N–C) groups is 1. The van der Waals surface area contributed by atoms with Crippen molar-refractivity contribution in [1.82, 2.24) is 10.6 Å². The van der Waals surface area contributed by atoms with Crippen LogP contribution in [0.15, 0.2) is 52.1 Å². The summed E-state index contributed by atoms with van der Waals surface area (Å²) in [6, 6.07) is 9.75. The lowest BCUT2D eigenvalue weighted by atomic mass is 9.99. The number of hydrogen-bond donors (Lipinski definition) is 3. The molecule has 1 unspecified atom stereocenters. The smallest absolute Gasteiger partial charge is 0.222 e. The van der Waals surface area contributed by atoms with E-state index in [1.807, 2.05) is 19.1 Å². The van der Waals surface area contributed by atoms with Crippen molar-refractivity contribution in [2.75, 3.05) is 26.2 Å². The first-order valence-electron chi connectivity index (χ1n) is 9.74. The molecule has 1 amide bonds. The summed E-state index contributed by atoms with van der Waals surface area (Å²) in [5.74, 6) is 0.206. The van der Waals surface area contributed by atoms with Crippen molar-refractivity contribution < 1.29 is 18.3 Å². The van der Waals surface area contributed by atoms with E-state index in [0.717, 1.165) is 17.7 Å². The molecule has 0 radical (unpaired) electrons. The highest BCUT2D eigenvalue weighted by atomic mass is 19.1. The summed E-state index contributed by atoms with van der Waals surface area (Å²) in [5.41, 5.74) is 6.37. The van der Waals surface area contributed by atoms with Crippen molar-refractivity contribution >= 4 is 11.9 Å². The Hall–Kier alpha value is -2.87. The fourth-order valence-electron chi connectivity index (χ4n) is 2.65. The van der Waals surface area contributed by atoms with Gasteiger partial charge >= 0.3 is 0 Å². The number of nitrogens with one attached hydrogen (secondary N) is 2. The van der Waals surface area contributed by atoms with Crippen LogP contribution in [0.5, 0.6) is 0 Å². The van der Waals surface area contributed by atoms with Crippen LogP contribution in [0, 0.1) is 11.7 Å². The minimum Gasteiger partial charge on any atom is -0.467 e. The molecule has 1 atom stereocenters. The monoisotopic (exact) mass is 404 g/mol. The number of furan rings is 1. The van der Waals surface area contributed by atoms with Gasteiger partial charge in [-0.1, -0.05) is 12.1 Å². The zero-order chi connectivity index (χ0) is 20.9. The molecule has 0 aliphatic rings. The van der Waals surface area contributed by atoms with Crippen LogP contribution in [0.1, 0.15) is 24.7 Å². The maximum absolute atomic E-state index is 13.0. The summed E-state index contributed by atoms with van der Waals surface area (Å²) < 4.78 is 23.8. The van der Waals surface area contributed by atoms with Crippen molar-refractivity contribution in [3.8, 4) is 0 Å². The van der Waals surface area contributed by atoms with Crippen LogP contribution in [-0.4, -0.2) is 38.1 Å². The predicted octanol–water partition coefficient (Wildman–Crippen LogP) is 2.22. The van der Waals surface area contributed by atoms with E-state index in [4.69, 9.17) is 14.9 Å². The Morgan fingerprint density at radius 2 is 2.07 bits per heavy atom. The van der Waals surface area contributed by atoms with E-state index in [2.05, 4.69) is 15.6 Å². The van der Waals surface area contributed by atoms with E-state index in [9.17, 15) is 9.18 Å². The number of amides is 1. The van der Waals surface area contributed by atoms with Crippen LogP contribution in [0.4, 0.5) is 4.39 Å². The van der Waals surface area contributed by atoms with Crippen LogP contribution < -0.4 is 16.4 Å². The highest BCUT2D eigenvalue weighted by Crippen LogP contribution is 2.10. The Morgan fingerprint density at radius 1 is 1.28 bits per heavy atom. The van der Waals surface area contributed by atoms with Gasteiger partial charge in [-0.3, -0.25) is 9.79 Å². The first-order valence-corrected chi connectivity index (χ1v) is 9.74. The van der Waals surface area contributed by atoms with Gasteiger partial charge in [0.05, 0.1) is 18.7 Å². The molecule has 2 aromatic rings. The molecule has 0 saturated heterocycles. The number of guanidine groups is 1. The maximum atomic E-state index is 13.0. The van der Waals surface area contributed by atoms with Crippen LogP contribution in [-0.2, 0) is 22.6 Å². The third-order valence-electron chi connectivity index (χ3n) is 4.19. The first kappa shape index (κ1) is 22.4. The summed E-state index contributed by atoms with van der Waals surface area (Å²) in [6.07, 6.45) is 2.83. The number of carbonyl (C=O) groups excluding carboxylic acids is 1. The highest BCUT2D eigenvalue weighted by Gasteiger charge is 2.16. The van der Waals surface area contributed by atoms with Gasteiger partial charge in [-0.25, -0.2) is 4.39 Å². The van der Waals surface area contributed by atoms with E-state index >= 15 is 0 Å². The summed E-state index contributed by atoms with van der Waals surface area (Å²) in [4.78, 5) is 16.3. The van der Waals surface area contributed by atoms with Crippen LogP contribution in [0.25, 0.3) is 0 Å². The molecular weight excluding hydrogens is 375 g/mol. The molecule has 1 aromatic heterocycles. The van der Waals surface area contributed by atoms with E-state index in [-0.39, 0.29) is 12.4 Å². The maximum Gasteiger partial charge on any atom is 0.222 e.